The van der Waals surface area contributed by atoms with Crippen LogP contribution in [0, 0.1) is 0 Å². The number of rotatable bonds is 4. The van der Waals surface area contributed by atoms with Gasteiger partial charge in [0.2, 0.25) is 0 Å². The molecule has 5 heteroatoms. The van der Waals surface area contributed by atoms with Gasteiger partial charge in [-0.1, -0.05) is 66.7 Å². The molecule has 31 heavy (non-hydrogen) atoms. The van der Waals surface area contributed by atoms with Gasteiger partial charge in [0.15, 0.2) is 0 Å². The third-order valence-corrected chi connectivity index (χ3v) is 7.76. The molecule has 0 unspecified atom stereocenters. The van der Waals surface area contributed by atoms with Crippen LogP contribution in [0.5, 0.6) is 0 Å². The third-order valence-electron chi connectivity index (χ3n) is 6.02. The highest BCUT2D eigenvalue weighted by atomic mass is 32.2. The van der Waals surface area contributed by atoms with Crippen LogP contribution in [0.15, 0.2) is 96.0 Å². The second kappa shape index (κ2) is 6.79. The molecular weight excluding hydrogens is 404 g/mol. The monoisotopic (exact) mass is 424 g/mol. The van der Waals surface area contributed by atoms with E-state index in [1.807, 2.05) is 48.5 Å². The summed E-state index contributed by atoms with van der Waals surface area (Å²) in [4.78, 5) is 5.09. The summed E-state index contributed by atoms with van der Waals surface area (Å²) in [5.41, 5.74) is 4.52. The minimum absolute atomic E-state index is 0.276. The number of aromatic nitrogens is 2. The van der Waals surface area contributed by atoms with E-state index in [1.54, 1.807) is 30.5 Å². The summed E-state index contributed by atoms with van der Waals surface area (Å²) >= 11 is 0. The lowest BCUT2D eigenvalue weighted by atomic mass is 9.97. The van der Waals surface area contributed by atoms with Crippen molar-refractivity contribution in [3.05, 3.63) is 96.7 Å². The molecule has 0 bridgehead atoms. The van der Waals surface area contributed by atoms with Crippen LogP contribution in [-0.2, 0) is 10.0 Å². The molecular formula is C26H20N2O2S. The van der Waals surface area contributed by atoms with Gasteiger partial charge in [-0.3, -0.25) is 4.98 Å². The van der Waals surface area contributed by atoms with Crippen LogP contribution in [0.1, 0.15) is 24.3 Å². The summed E-state index contributed by atoms with van der Waals surface area (Å²) in [6.07, 6.45) is 3.93. The Morgan fingerprint density at radius 1 is 0.774 bits per heavy atom. The molecule has 6 rings (SSSR count). The van der Waals surface area contributed by atoms with Gasteiger partial charge < -0.3 is 0 Å². The zero-order valence-electron chi connectivity index (χ0n) is 16.8. The fourth-order valence-electron chi connectivity index (χ4n) is 4.50. The number of benzene rings is 3. The van der Waals surface area contributed by atoms with Gasteiger partial charge in [-0.15, -0.1) is 0 Å². The van der Waals surface area contributed by atoms with Crippen LogP contribution < -0.4 is 0 Å². The van der Waals surface area contributed by atoms with Gasteiger partial charge in [0.05, 0.1) is 27.8 Å². The summed E-state index contributed by atoms with van der Waals surface area (Å²) < 4.78 is 28.9. The smallest absolute Gasteiger partial charge is 0.254 e. The van der Waals surface area contributed by atoms with E-state index in [0.29, 0.717) is 17.0 Å². The summed E-state index contributed by atoms with van der Waals surface area (Å²) in [7, 11) is -3.77. The fourth-order valence-corrected chi connectivity index (χ4v) is 6.02. The lowest BCUT2D eigenvalue weighted by Gasteiger charge is -2.12. The quantitative estimate of drug-likeness (QED) is 0.357. The van der Waals surface area contributed by atoms with Crippen LogP contribution >= 0.6 is 0 Å². The molecule has 4 nitrogen and oxygen atoms in total. The van der Waals surface area contributed by atoms with Crippen molar-refractivity contribution < 1.29 is 8.42 Å². The van der Waals surface area contributed by atoms with Crippen LogP contribution in [0.3, 0.4) is 0 Å². The molecule has 1 saturated carbocycles. The Labute approximate surface area is 180 Å². The molecule has 0 amide bonds. The van der Waals surface area contributed by atoms with Crippen molar-refractivity contribution in [3.63, 3.8) is 0 Å². The number of nitrogens with zero attached hydrogens (tertiary/aromatic N) is 2. The minimum Gasteiger partial charge on any atom is -0.254 e. The first-order chi connectivity index (χ1) is 15.2. The average Bonchev–Trinajstić information content (AvgIpc) is 3.60. The largest absolute Gasteiger partial charge is 0.268 e. The van der Waals surface area contributed by atoms with Gasteiger partial charge >= 0.3 is 0 Å². The lowest BCUT2D eigenvalue weighted by Crippen LogP contribution is -2.12. The van der Waals surface area contributed by atoms with Crippen molar-refractivity contribution in [2.75, 3.05) is 0 Å². The first kappa shape index (κ1) is 18.3. The second-order valence-electron chi connectivity index (χ2n) is 8.02. The van der Waals surface area contributed by atoms with Crippen molar-refractivity contribution >= 4 is 31.8 Å². The summed E-state index contributed by atoms with van der Waals surface area (Å²) in [6, 6.07) is 26.5. The molecule has 1 aliphatic rings. The van der Waals surface area contributed by atoms with E-state index in [2.05, 4.69) is 12.1 Å². The molecule has 2 heterocycles. The number of hydrogen-bond acceptors (Lipinski definition) is 3. The van der Waals surface area contributed by atoms with Gasteiger partial charge in [-0.05, 0) is 42.5 Å². The molecule has 5 aromatic rings. The van der Waals surface area contributed by atoms with Gasteiger partial charge in [0.1, 0.15) is 0 Å². The SMILES string of the molecule is O=S(=O)(c1ccccc1)n1c2ccccc2c2c(C3CC3)c(-c3ccccc3)ncc21. The van der Waals surface area contributed by atoms with Gasteiger partial charge in [0, 0.05) is 16.3 Å². The molecule has 0 N–H and O–H groups in total. The van der Waals surface area contributed by atoms with Gasteiger partial charge in [-0.25, -0.2) is 12.4 Å². The topological polar surface area (TPSA) is 52.0 Å². The molecule has 1 fully saturated rings. The Balaban J connectivity index is 1.75. The van der Waals surface area contributed by atoms with E-state index in [9.17, 15) is 8.42 Å². The number of fused-ring (bicyclic) bond motifs is 3. The molecule has 3 aromatic carbocycles. The maximum Gasteiger partial charge on any atom is 0.268 e. The van der Waals surface area contributed by atoms with Crippen molar-refractivity contribution in [1.29, 1.82) is 0 Å². The van der Waals surface area contributed by atoms with E-state index in [-0.39, 0.29) is 4.90 Å². The zero-order chi connectivity index (χ0) is 21.0. The fraction of sp³-hybridized carbons (Fsp3) is 0.115. The van der Waals surface area contributed by atoms with Crippen LogP contribution in [0.25, 0.3) is 33.1 Å². The predicted molar refractivity (Wildman–Crippen MR) is 124 cm³/mol. The van der Waals surface area contributed by atoms with Crippen LogP contribution in [0.4, 0.5) is 0 Å². The van der Waals surface area contributed by atoms with E-state index >= 15 is 0 Å². The Hall–Kier alpha value is -3.44. The normalized spacial score (nSPS) is 14.3. The molecule has 0 atom stereocenters. The second-order valence-corrected chi connectivity index (χ2v) is 9.81. The van der Waals surface area contributed by atoms with E-state index in [0.717, 1.165) is 34.9 Å². The minimum atomic E-state index is -3.77. The zero-order valence-corrected chi connectivity index (χ0v) is 17.6. The highest BCUT2D eigenvalue weighted by Gasteiger charge is 2.33. The standard InChI is InChI=1S/C26H20N2O2S/c29-31(30,20-11-5-2-6-12-20)28-22-14-8-7-13-21(22)25-23(28)17-27-26(24(25)18-15-16-18)19-9-3-1-4-10-19/h1-14,17-18H,15-16H2. The molecule has 152 valence electrons. The molecule has 1 aliphatic carbocycles. The van der Waals surface area contributed by atoms with Crippen molar-refractivity contribution in [3.8, 4) is 11.3 Å². The van der Waals surface area contributed by atoms with Crippen LogP contribution in [0.2, 0.25) is 0 Å². The molecule has 2 aromatic heterocycles. The van der Waals surface area contributed by atoms with Crippen molar-refractivity contribution in [2.24, 2.45) is 0 Å². The van der Waals surface area contributed by atoms with E-state index < -0.39 is 10.0 Å². The molecule has 0 radical (unpaired) electrons. The maximum absolute atomic E-state index is 13.7. The van der Waals surface area contributed by atoms with Gasteiger partial charge in [0.25, 0.3) is 10.0 Å². The van der Waals surface area contributed by atoms with E-state index in [1.165, 1.54) is 9.54 Å². The Morgan fingerprint density at radius 2 is 1.42 bits per heavy atom. The summed E-state index contributed by atoms with van der Waals surface area (Å²) in [6.45, 7) is 0. The van der Waals surface area contributed by atoms with Crippen LogP contribution in [-0.4, -0.2) is 17.4 Å². The van der Waals surface area contributed by atoms with Crippen molar-refractivity contribution in [1.82, 2.24) is 8.96 Å². The first-order valence-electron chi connectivity index (χ1n) is 10.4. The number of para-hydroxylation sites is 1. The maximum atomic E-state index is 13.7. The average molecular weight is 425 g/mol. The molecule has 0 saturated heterocycles. The molecule has 0 aliphatic heterocycles. The Bertz CT molecular complexity index is 1530. The summed E-state index contributed by atoms with van der Waals surface area (Å²) in [5.74, 6) is 0.407. The summed E-state index contributed by atoms with van der Waals surface area (Å²) in [5, 5.41) is 1.96. The first-order valence-corrected chi connectivity index (χ1v) is 11.9. The number of hydrogen-bond donors (Lipinski definition) is 0. The van der Waals surface area contributed by atoms with Crippen molar-refractivity contribution in [2.45, 2.75) is 23.7 Å². The van der Waals surface area contributed by atoms with E-state index in [4.69, 9.17) is 4.98 Å². The highest BCUT2D eigenvalue weighted by molar-refractivity contribution is 7.90. The Morgan fingerprint density at radius 3 is 2.13 bits per heavy atom. The third kappa shape index (κ3) is 2.81. The number of pyridine rings is 1. The Kier molecular flexibility index (Phi) is 4.02. The lowest BCUT2D eigenvalue weighted by molar-refractivity contribution is 0.590. The molecule has 0 spiro atoms. The highest BCUT2D eigenvalue weighted by Crippen LogP contribution is 2.49. The van der Waals surface area contributed by atoms with Gasteiger partial charge in [-0.2, -0.15) is 0 Å². The predicted octanol–water partition coefficient (Wildman–Crippen LogP) is 5.97.